The van der Waals surface area contributed by atoms with E-state index in [4.69, 9.17) is 21.1 Å². The van der Waals surface area contributed by atoms with Crippen molar-refractivity contribution in [3.8, 4) is 11.5 Å². The Labute approximate surface area is 179 Å². The molecule has 30 heavy (non-hydrogen) atoms. The van der Waals surface area contributed by atoms with E-state index in [1.807, 2.05) is 31.2 Å². The molecule has 0 spiro atoms. The van der Waals surface area contributed by atoms with Gasteiger partial charge in [0.05, 0.1) is 16.9 Å². The van der Waals surface area contributed by atoms with Crippen LogP contribution in [0.1, 0.15) is 22.8 Å². The monoisotopic (exact) mass is 422 g/mol. The minimum atomic E-state index is -0.756. The number of alkyl halides is 1. The molecule has 7 heteroatoms. The summed E-state index contributed by atoms with van der Waals surface area (Å²) in [5, 5.41) is 7.58. The van der Waals surface area contributed by atoms with Crippen molar-refractivity contribution >= 4 is 34.9 Å². The van der Waals surface area contributed by atoms with Crippen LogP contribution in [-0.2, 0) is 4.79 Å². The maximum Gasteiger partial charge on any atom is 0.343 e. The average molecular weight is 423 g/mol. The first-order chi connectivity index (χ1) is 14.4. The fourth-order valence-electron chi connectivity index (χ4n) is 2.33. The van der Waals surface area contributed by atoms with Crippen molar-refractivity contribution in [3.63, 3.8) is 0 Å². The number of esters is 2. The number of azo groups is 1. The highest BCUT2D eigenvalue weighted by Gasteiger charge is 2.13. The highest BCUT2D eigenvalue weighted by atomic mass is 35.5. The predicted octanol–water partition coefficient (Wildman–Crippen LogP) is 6.16. The number of halogens is 1. The molecule has 3 aromatic carbocycles. The lowest BCUT2D eigenvalue weighted by atomic mass is 10.2. The third-order valence-corrected chi connectivity index (χ3v) is 4.17. The van der Waals surface area contributed by atoms with Crippen LogP contribution in [0.25, 0.3) is 0 Å². The molecule has 0 aliphatic heterocycles. The third-order valence-electron chi connectivity index (χ3n) is 4.00. The van der Waals surface area contributed by atoms with Crippen molar-refractivity contribution in [2.24, 2.45) is 10.2 Å². The van der Waals surface area contributed by atoms with Crippen molar-refractivity contribution in [2.45, 2.75) is 19.2 Å². The molecule has 0 amide bonds. The maximum atomic E-state index is 12.3. The van der Waals surface area contributed by atoms with E-state index >= 15 is 0 Å². The Morgan fingerprint density at radius 3 is 1.77 bits per heavy atom. The third kappa shape index (κ3) is 5.99. The number of benzene rings is 3. The van der Waals surface area contributed by atoms with Crippen molar-refractivity contribution in [1.29, 1.82) is 0 Å². The molecule has 0 heterocycles. The van der Waals surface area contributed by atoms with E-state index in [0.717, 1.165) is 11.3 Å². The predicted molar refractivity (Wildman–Crippen MR) is 114 cm³/mol. The molecular formula is C23H19ClN2O4. The lowest BCUT2D eigenvalue weighted by Crippen LogP contribution is -2.17. The largest absolute Gasteiger partial charge is 0.425 e. The van der Waals surface area contributed by atoms with Gasteiger partial charge < -0.3 is 9.47 Å². The molecule has 3 rings (SSSR count). The van der Waals surface area contributed by atoms with Crippen molar-refractivity contribution in [3.05, 3.63) is 83.9 Å². The van der Waals surface area contributed by atoms with Gasteiger partial charge in [-0.2, -0.15) is 10.2 Å². The van der Waals surface area contributed by atoms with Gasteiger partial charge in [-0.25, -0.2) is 4.79 Å². The molecule has 0 fully saturated rings. The molecule has 0 bridgehead atoms. The molecule has 0 saturated heterocycles. The summed E-state index contributed by atoms with van der Waals surface area (Å²) in [4.78, 5) is 23.8. The Hall–Kier alpha value is -3.51. The van der Waals surface area contributed by atoms with Crippen LogP contribution in [0.3, 0.4) is 0 Å². The first-order valence-electron chi connectivity index (χ1n) is 9.17. The smallest absolute Gasteiger partial charge is 0.343 e. The van der Waals surface area contributed by atoms with E-state index in [9.17, 15) is 9.59 Å². The highest BCUT2D eigenvalue weighted by Crippen LogP contribution is 2.22. The molecule has 0 N–H and O–H groups in total. The van der Waals surface area contributed by atoms with Gasteiger partial charge in [-0.15, -0.1) is 11.6 Å². The van der Waals surface area contributed by atoms with Gasteiger partial charge in [0.1, 0.15) is 16.9 Å². The summed E-state index contributed by atoms with van der Waals surface area (Å²) in [6, 6.07) is 20.4. The second-order valence-corrected chi connectivity index (χ2v) is 7.14. The summed E-state index contributed by atoms with van der Waals surface area (Å²) in [6.07, 6.45) is 0. The zero-order valence-corrected chi connectivity index (χ0v) is 17.2. The van der Waals surface area contributed by atoms with Crippen LogP contribution in [0.5, 0.6) is 11.5 Å². The molecule has 0 radical (unpaired) electrons. The van der Waals surface area contributed by atoms with Gasteiger partial charge in [0.2, 0.25) is 0 Å². The molecule has 3 aromatic rings. The number of hydrogen-bond acceptors (Lipinski definition) is 6. The number of ether oxygens (including phenoxy) is 2. The molecule has 0 saturated carbocycles. The molecular weight excluding hydrogens is 404 g/mol. The molecule has 6 nitrogen and oxygen atoms in total. The first-order valence-corrected chi connectivity index (χ1v) is 9.61. The Balaban J connectivity index is 1.58. The number of rotatable bonds is 6. The van der Waals surface area contributed by atoms with Crippen LogP contribution in [0.15, 0.2) is 83.0 Å². The Kier molecular flexibility index (Phi) is 6.93. The number of carbonyl (C=O) groups is 2. The maximum absolute atomic E-state index is 12.3. The Morgan fingerprint density at radius 2 is 1.23 bits per heavy atom. The standard InChI is InChI=1S/C23H19ClN2O4/c1-15-3-7-18(8-4-15)25-26-19-9-13-21(14-10-19)30-23(28)17-5-11-20(12-6-17)29-22(27)16(2)24/h3-14,16H,1-2H3/t16-/m0/s1. The van der Waals surface area contributed by atoms with Crippen LogP contribution in [0.2, 0.25) is 0 Å². The summed E-state index contributed by atoms with van der Waals surface area (Å²) in [6.45, 7) is 3.52. The Bertz CT molecular complexity index is 1040. The lowest BCUT2D eigenvalue weighted by molar-refractivity contribution is -0.133. The quantitative estimate of drug-likeness (QED) is 0.206. The van der Waals surface area contributed by atoms with Crippen LogP contribution in [0, 0.1) is 6.92 Å². The SMILES string of the molecule is Cc1ccc(N=Nc2ccc(OC(=O)c3ccc(OC(=O)[C@H](C)Cl)cc3)cc2)cc1. The zero-order chi connectivity index (χ0) is 21.5. The molecule has 0 aliphatic rings. The Morgan fingerprint density at radius 1 is 0.767 bits per heavy atom. The molecule has 1 atom stereocenters. The zero-order valence-electron chi connectivity index (χ0n) is 16.4. The van der Waals surface area contributed by atoms with Crippen LogP contribution >= 0.6 is 11.6 Å². The number of carbonyl (C=O) groups excluding carboxylic acids is 2. The van der Waals surface area contributed by atoms with Crippen molar-refractivity contribution < 1.29 is 19.1 Å². The highest BCUT2D eigenvalue weighted by molar-refractivity contribution is 6.29. The van der Waals surface area contributed by atoms with Crippen LogP contribution in [0.4, 0.5) is 11.4 Å². The van der Waals surface area contributed by atoms with E-state index in [1.54, 1.807) is 24.3 Å². The van der Waals surface area contributed by atoms with Gasteiger partial charge in [-0.1, -0.05) is 17.7 Å². The first kappa shape index (κ1) is 21.2. The topological polar surface area (TPSA) is 77.3 Å². The fraction of sp³-hybridized carbons (Fsp3) is 0.130. The van der Waals surface area contributed by atoms with E-state index in [2.05, 4.69) is 10.2 Å². The second kappa shape index (κ2) is 9.80. The summed E-state index contributed by atoms with van der Waals surface area (Å²) in [7, 11) is 0. The van der Waals surface area contributed by atoms with Gasteiger partial charge in [0.25, 0.3) is 0 Å². The molecule has 0 aliphatic carbocycles. The van der Waals surface area contributed by atoms with Crippen LogP contribution in [-0.4, -0.2) is 17.3 Å². The van der Waals surface area contributed by atoms with Crippen molar-refractivity contribution in [2.75, 3.05) is 0 Å². The van der Waals surface area contributed by atoms with Gasteiger partial charge >= 0.3 is 11.9 Å². The molecule has 152 valence electrons. The van der Waals surface area contributed by atoms with Crippen molar-refractivity contribution in [1.82, 2.24) is 0 Å². The minimum absolute atomic E-state index is 0.298. The van der Waals surface area contributed by atoms with Gasteiger partial charge in [-0.05, 0) is 74.5 Å². The average Bonchev–Trinajstić information content (AvgIpc) is 2.74. The number of hydrogen-bond donors (Lipinski definition) is 0. The fourth-order valence-corrected chi connectivity index (χ4v) is 2.37. The van der Waals surface area contributed by atoms with E-state index in [0.29, 0.717) is 22.7 Å². The number of aryl methyl sites for hydroxylation is 1. The summed E-state index contributed by atoms with van der Waals surface area (Å²) < 4.78 is 10.4. The second-order valence-electron chi connectivity index (χ2n) is 6.48. The lowest BCUT2D eigenvalue weighted by Gasteiger charge is -2.07. The minimum Gasteiger partial charge on any atom is -0.425 e. The summed E-state index contributed by atoms with van der Waals surface area (Å²) in [5.74, 6) is -0.424. The van der Waals surface area contributed by atoms with Gasteiger partial charge in [0, 0.05) is 0 Å². The van der Waals surface area contributed by atoms with Gasteiger partial charge in [0.15, 0.2) is 0 Å². The summed E-state index contributed by atoms with van der Waals surface area (Å²) in [5.41, 5.74) is 2.86. The summed E-state index contributed by atoms with van der Waals surface area (Å²) >= 11 is 5.66. The van der Waals surface area contributed by atoms with Gasteiger partial charge in [-0.3, -0.25) is 4.79 Å². The molecule has 0 aromatic heterocycles. The van der Waals surface area contributed by atoms with E-state index in [-0.39, 0.29) is 0 Å². The van der Waals surface area contributed by atoms with Crippen LogP contribution < -0.4 is 9.47 Å². The van der Waals surface area contributed by atoms with E-state index < -0.39 is 17.3 Å². The number of nitrogens with zero attached hydrogens (tertiary/aromatic N) is 2. The molecule has 0 unspecified atom stereocenters. The van der Waals surface area contributed by atoms with E-state index in [1.165, 1.54) is 31.2 Å². The normalized spacial score (nSPS) is 11.8.